The summed E-state index contributed by atoms with van der Waals surface area (Å²) >= 11 is 0. The second-order valence-electron chi connectivity index (χ2n) is 13.3. The second kappa shape index (κ2) is 27.0. The van der Waals surface area contributed by atoms with Gasteiger partial charge in [-0.05, 0) is 25.2 Å². The summed E-state index contributed by atoms with van der Waals surface area (Å²) in [7, 11) is 0. The number of quaternary nitrogens is 1. The Bertz CT molecular complexity index is 837. The molecule has 3 unspecified atom stereocenters. The van der Waals surface area contributed by atoms with Crippen LogP contribution in [0.2, 0.25) is 0 Å². The fraction of sp³-hybridized carbons (Fsp3) is 0.912. The Balaban J connectivity index is 2.52. The minimum atomic E-state index is -1.00. The van der Waals surface area contributed by atoms with Crippen molar-refractivity contribution >= 4 is 17.9 Å². The van der Waals surface area contributed by atoms with Gasteiger partial charge in [-0.15, -0.1) is 0 Å². The van der Waals surface area contributed by atoms with Crippen LogP contribution in [0.15, 0.2) is 0 Å². The Morgan fingerprint density at radius 2 is 1.32 bits per heavy atom. The Kier molecular flexibility index (Phi) is 24.8. The van der Waals surface area contributed by atoms with E-state index in [2.05, 4.69) is 19.2 Å². The van der Waals surface area contributed by atoms with Crippen LogP contribution in [-0.4, -0.2) is 164 Å². The molecule has 0 aliphatic carbocycles. The molecule has 0 bridgehead atoms. The number of carboxylic acid groups (broad SMARTS) is 3. The number of hydrogen-bond donors (Lipinski definition) is 5. The van der Waals surface area contributed by atoms with E-state index in [-0.39, 0.29) is 37.3 Å². The zero-order chi connectivity index (χ0) is 34.8. The lowest BCUT2D eigenvalue weighted by atomic mass is 9.99. The average Bonchev–Trinajstić information content (AvgIpc) is 3.00. The molecule has 0 amide bonds. The Hall–Kier alpha value is -1.87. The maximum atomic E-state index is 12.0. The fourth-order valence-electron chi connectivity index (χ4n) is 6.21. The molecule has 47 heavy (non-hydrogen) atoms. The zero-order valence-corrected chi connectivity index (χ0v) is 29.4. The van der Waals surface area contributed by atoms with E-state index in [4.69, 9.17) is 9.47 Å². The van der Waals surface area contributed by atoms with Gasteiger partial charge >= 0.3 is 17.9 Å². The maximum absolute atomic E-state index is 12.0. The molecular formula is C34H67N4O9+. The number of aliphatic hydroxyl groups excluding tert-OH is 1. The number of carboxylic acids is 3. The lowest BCUT2D eigenvalue weighted by Crippen LogP contribution is -2.61. The smallest absolute Gasteiger partial charge is 0.359 e. The number of unbranched alkanes of at least 4 members (excludes halogenated alkanes) is 7. The number of carbonyl (C=O) groups is 3. The topological polar surface area (TPSA) is 169 Å². The summed E-state index contributed by atoms with van der Waals surface area (Å²) in [5, 5.41) is 42.7. The first-order valence-corrected chi connectivity index (χ1v) is 18.1. The van der Waals surface area contributed by atoms with E-state index < -0.39 is 24.0 Å². The summed E-state index contributed by atoms with van der Waals surface area (Å²) in [6.07, 6.45) is 12.1. The number of rotatable bonds is 26. The molecule has 1 rings (SSSR count). The summed E-state index contributed by atoms with van der Waals surface area (Å²) < 4.78 is 11.8. The molecule has 1 fully saturated rings. The van der Waals surface area contributed by atoms with Gasteiger partial charge in [-0.25, -0.2) is 4.79 Å². The minimum Gasteiger partial charge on any atom is -0.480 e. The van der Waals surface area contributed by atoms with Crippen molar-refractivity contribution < 1.29 is 48.8 Å². The van der Waals surface area contributed by atoms with Gasteiger partial charge in [-0.3, -0.25) is 19.4 Å². The lowest BCUT2D eigenvalue weighted by Gasteiger charge is -2.40. The molecule has 13 heteroatoms. The van der Waals surface area contributed by atoms with Crippen LogP contribution >= 0.6 is 0 Å². The molecule has 13 nitrogen and oxygen atoms in total. The Labute approximate surface area is 283 Å². The first-order valence-electron chi connectivity index (χ1n) is 18.1. The third kappa shape index (κ3) is 23.2. The summed E-state index contributed by atoms with van der Waals surface area (Å²) in [5.41, 5.74) is 0. The summed E-state index contributed by atoms with van der Waals surface area (Å²) in [6, 6.07) is 0. The van der Waals surface area contributed by atoms with Crippen LogP contribution in [0.4, 0.5) is 0 Å². The molecule has 1 aliphatic heterocycles. The van der Waals surface area contributed by atoms with Crippen molar-refractivity contribution in [2.75, 3.05) is 105 Å². The quantitative estimate of drug-likeness (QED) is 0.0672. The SMILES string of the molecule is CCCCCCCCOCC(CC)CCCCCOCC(O)C[N+]1(CC(=O)O)CCNCCN(CC(=O)O)CCN(CC(=O)O)CC1. The molecule has 276 valence electrons. The molecule has 0 aromatic heterocycles. The van der Waals surface area contributed by atoms with Gasteiger partial charge in [0.2, 0.25) is 0 Å². The van der Waals surface area contributed by atoms with E-state index in [0.29, 0.717) is 64.9 Å². The van der Waals surface area contributed by atoms with Crippen molar-refractivity contribution in [3.05, 3.63) is 0 Å². The first kappa shape index (κ1) is 43.2. The van der Waals surface area contributed by atoms with Gasteiger partial charge in [0.05, 0.1) is 32.8 Å². The van der Waals surface area contributed by atoms with Gasteiger partial charge in [0.25, 0.3) is 0 Å². The van der Waals surface area contributed by atoms with Crippen molar-refractivity contribution in [1.82, 2.24) is 15.1 Å². The first-order chi connectivity index (χ1) is 22.6. The fourth-order valence-corrected chi connectivity index (χ4v) is 6.21. The highest BCUT2D eigenvalue weighted by Gasteiger charge is 2.34. The number of nitrogens with one attached hydrogen (secondary N) is 1. The van der Waals surface area contributed by atoms with Crippen molar-refractivity contribution in [2.24, 2.45) is 5.92 Å². The van der Waals surface area contributed by atoms with E-state index in [1.807, 2.05) is 0 Å². The number of aliphatic carboxylic acids is 3. The van der Waals surface area contributed by atoms with Gasteiger partial charge in [0.1, 0.15) is 12.6 Å². The normalized spacial score (nSPS) is 20.2. The number of ether oxygens (including phenoxy) is 2. The molecule has 5 N–H and O–H groups in total. The number of hydrogen-bond acceptors (Lipinski definition) is 9. The second-order valence-corrected chi connectivity index (χ2v) is 13.3. The van der Waals surface area contributed by atoms with Crippen LogP contribution in [0.5, 0.6) is 0 Å². The van der Waals surface area contributed by atoms with Gasteiger partial charge in [0.15, 0.2) is 6.54 Å². The Morgan fingerprint density at radius 3 is 1.94 bits per heavy atom. The molecule has 3 atom stereocenters. The van der Waals surface area contributed by atoms with E-state index >= 15 is 0 Å². The van der Waals surface area contributed by atoms with Crippen molar-refractivity contribution in [3.63, 3.8) is 0 Å². The van der Waals surface area contributed by atoms with E-state index in [0.717, 1.165) is 51.7 Å². The minimum absolute atomic E-state index is 0.0845. The molecule has 0 aromatic rings. The van der Waals surface area contributed by atoms with Crippen LogP contribution in [-0.2, 0) is 23.9 Å². The van der Waals surface area contributed by atoms with E-state index in [9.17, 15) is 34.8 Å². The molecule has 0 radical (unpaired) electrons. The lowest BCUT2D eigenvalue weighted by molar-refractivity contribution is -0.922. The highest BCUT2D eigenvalue weighted by Crippen LogP contribution is 2.15. The van der Waals surface area contributed by atoms with Crippen LogP contribution in [0.3, 0.4) is 0 Å². The highest BCUT2D eigenvalue weighted by molar-refractivity contribution is 5.69. The molecule has 0 aromatic carbocycles. The average molecular weight is 676 g/mol. The predicted molar refractivity (Wildman–Crippen MR) is 182 cm³/mol. The zero-order valence-electron chi connectivity index (χ0n) is 29.4. The highest BCUT2D eigenvalue weighted by atomic mass is 16.5. The molecular weight excluding hydrogens is 608 g/mol. The van der Waals surface area contributed by atoms with Gasteiger partial charge < -0.3 is 39.7 Å². The molecule has 0 spiro atoms. The molecule has 1 aliphatic rings. The number of nitrogens with zero attached hydrogens (tertiary/aromatic N) is 3. The van der Waals surface area contributed by atoms with E-state index in [1.165, 1.54) is 32.1 Å². The Morgan fingerprint density at radius 1 is 0.723 bits per heavy atom. The standard InChI is InChI=1S/C34H66N4O9/c1-3-5-6-7-8-11-22-46-28-30(4-2)13-10-9-12-23-47-29-31(39)26-38(27-34(44)45)20-15-35-14-16-36(24-32(40)41)17-18-37(19-21-38)25-33(42)43/h30-31,35,39H,3-29H2,1-2H3,(H2-,40,41,42,43,44,45)/p+1. The molecule has 1 heterocycles. The molecule has 1 saturated heterocycles. The third-order valence-electron chi connectivity index (χ3n) is 9.06. The predicted octanol–water partition coefficient (Wildman–Crippen LogP) is 2.61. The maximum Gasteiger partial charge on any atom is 0.359 e. The van der Waals surface area contributed by atoms with Crippen LogP contribution in [0.1, 0.15) is 84.5 Å². The summed E-state index contributed by atoms with van der Waals surface area (Å²) in [4.78, 5) is 38.3. The van der Waals surface area contributed by atoms with Gasteiger partial charge in [0, 0.05) is 59.1 Å². The van der Waals surface area contributed by atoms with Crippen LogP contribution < -0.4 is 5.32 Å². The van der Waals surface area contributed by atoms with Crippen molar-refractivity contribution in [1.29, 1.82) is 0 Å². The largest absolute Gasteiger partial charge is 0.480 e. The van der Waals surface area contributed by atoms with Crippen molar-refractivity contribution in [3.8, 4) is 0 Å². The van der Waals surface area contributed by atoms with Gasteiger partial charge in [-0.1, -0.05) is 65.2 Å². The van der Waals surface area contributed by atoms with Crippen LogP contribution in [0.25, 0.3) is 0 Å². The number of aliphatic hydroxyl groups is 1. The van der Waals surface area contributed by atoms with Gasteiger partial charge in [-0.2, -0.15) is 0 Å². The molecule has 0 saturated carbocycles. The van der Waals surface area contributed by atoms with E-state index in [1.54, 1.807) is 9.80 Å². The summed E-state index contributed by atoms with van der Waals surface area (Å²) in [6.45, 7) is 9.61. The monoisotopic (exact) mass is 675 g/mol. The van der Waals surface area contributed by atoms with Crippen LogP contribution in [0, 0.1) is 5.92 Å². The van der Waals surface area contributed by atoms with Crippen molar-refractivity contribution in [2.45, 2.75) is 90.6 Å². The summed E-state index contributed by atoms with van der Waals surface area (Å²) in [5.74, 6) is -2.35. The third-order valence-corrected chi connectivity index (χ3v) is 9.06.